The van der Waals surface area contributed by atoms with E-state index >= 15 is 0 Å². The number of aliphatic hydroxyl groups excluding tert-OH is 1. The first kappa shape index (κ1) is 10.4. The number of aliphatic hydroxyl groups is 1. The van der Waals surface area contributed by atoms with Crippen LogP contribution < -0.4 is 5.32 Å². The van der Waals surface area contributed by atoms with Crippen LogP contribution in [0.5, 0.6) is 0 Å². The van der Waals surface area contributed by atoms with Crippen molar-refractivity contribution in [2.75, 3.05) is 13.2 Å². The zero-order valence-corrected chi connectivity index (χ0v) is 6.92. The molecule has 4 heteroatoms. The summed E-state index contributed by atoms with van der Waals surface area (Å²) in [7, 11) is 0. The maximum Gasteiger partial charge on any atom is 0.304 e. The molecule has 0 fully saturated rings. The molecule has 0 heterocycles. The van der Waals surface area contributed by atoms with Gasteiger partial charge < -0.3 is 15.5 Å². The fourth-order valence-electron chi connectivity index (χ4n) is 0.564. The van der Waals surface area contributed by atoms with E-state index in [0.717, 1.165) is 0 Å². The van der Waals surface area contributed by atoms with Gasteiger partial charge in [0, 0.05) is 12.1 Å². The summed E-state index contributed by atoms with van der Waals surface area (Å²) in [6, 6.07) is 0. The minimum atomic E-state index is -0.828. The van der Waals surface area contributed by atoms with E-state index in [0.29, 0.717) is 6.54 Å². The first-order valence-corrected chi connectivity index (χ1v) is 3.55. The maximum atomic E-state index is 10.1. The van der Waals surface area contributed by atoms with Crippen molar-refractivity contribution >= 4 is 5.97 Å². The molecule has 4 nitrogen and oxygen atoms in total. The number of carboxylic acid groups (broad SMARTS) is 1. The van der Waals surface area contributed by atoms with E-state index in [2.05, 4.69) is 5.32 Å². The smallest absolute Gasteiger partial charge is 0.304 e. The highest BCUT2D eigenvalue weighted by Crippen LogP contribution is 1.98. The summed E-state index contributed by atoms with van der Waals surface area (Å²) in [6.07, 6.45) is 0.0867. The largest absolute Gasteiger partial charge is 0.481 e. The quantitative estimate of drug-likeness (QED) is 0.523. The Morgan fingerprint density at radius 2 is 2.09 bits per heavy atom. The van der Waals surface area contributed by atoms with E-state index in [1.165, 1.54) is 0 Å². The number of hydrogen-bond donors (Lipinski definition) is 3. The van der Waals surface area contributed by atoms with Gasteiger partial charge in [-0.25, -0.2) is 0 Å². The van der Waals surface area contributed by atoms with Gasteiger partial charge in [0.1, 0.15) is 0 Å². The molecule has 0 aliphatic rings. The van der Waals surface area contributed by atoms with Crippen molar-refractivity contribution in [3.63, 3.8) is 0 Å². The Morgan fingerprint density at radius 3 is 2.45 bits per heavy atom. The van der Waals surface area contributed by atoms with E-state index < -0.39 is 5.97 Å². The van der Waals surface area contributed by atoms with E-state index in [9.17, 15) is 4.79 Å². The molecule has 0 rings (SSSR count). The Morgan fingerprint density at radius 1 is 1.55 bits per heavy atom. The molecule has 0 aromatic rings. The lowest BCUT2D eigenvalue weighted by Gasteiger charge is -2.22. The van der Waals surface area contributed by atoms with Gasteiger partial charge in [-0.1, -0.05) is 0 Å². The topological polar surface area (TPSA) is 69.6 Å². The Kier molecular flexibility index (Phi) is 4.07. The lowest BCUT2D eigenvalue weighted by molar-refractivity contribution is -0.136. The van der Waals surface area contributed by atoms with Crippen molar-refractivity contribution in [2.24, 2.45) is 0 Å². The zero-order valence-electron chi connectivity index (χ0n) is 6.92. The summed E-state index contributed by atoms with van der Waals surface area (Å²) >= 11 is 0. The van der Waals surface area contributed by atoms with Crippen LogP contribution in [0, 0.1) is 0 Å². The van der Waals surface area contributed by atoms with E-state index in [-0.39, 0.29) is 18.6 Å². The summed E-state index contributed by atoms with van der Waals surface area (Å²) in [5, 5.41) is 19.9. The van der Waals surface area contributed by atoms with Crippen LogP contribution in [0.3, 0.4) is 0 Å². The molecule has 0 saturated carbocycles. The molecule has 0 aromatic carbocycles. The second-order valence-corrected chi connectivity index (χ2v) is 3.11. The Bertz CT molecular complexity index is 134. The normalized spacial score (nSPS) is 11.5. The third-order valence-electron chi connectivity index (χ3n) is 1.34. The zero-order chi connectivity index (χ0) is 8.91. The molecule has 0 amide bonds. The monoisotopic (exact) mass is 161 g/mol. The number of carboxylic acids is 1. The highest BCUT2D eigenvalue weighted by Gasteiger charge is 2.14. The number of rotatable bonds is 5. The Hall–Kier alpha value is -0.610. The molecular formula is C7H15NO3. The third-order valence-corrected chi connectivity index (χ3v) is 1.34. The standard InChI is InChI=1S/C7H15NO3/c1-7(2,5-9)8-4-3-6(10)11/h8-9H,3-5H2,1-2H3,(H,10,11). The Labute approximate surface area is 66.2 Å². The number of nitrogens with one attached hydrogen (secondary N) is 1. The van der Waals surface area contributed by atoms with Gasteiger partial charge in [0.05, 0.1) is 13.0 Å². The summed E-state index contributed by atoms with van der Waals surface area (Å²) in [5.74, 6) is -0.828. The van der Waals surface area contributed by atoms with Crippen LogP contribution >= 0.6 is 0 Å². The average molecular weight is 161 g/mol. The van der Waals surface area contributed by atoms with Crippen molar-refractivity contribution in [3.8, 4) is 0 Å². The molecule has 0 unspecified atom stereocenters. The molecule has 0 radical (unpaired) electrons. The molecule has 0 aliphatic heterocycles. The van der Waals surface area contributed by atoms with Gasteiger partial charge in [0.25, 0.3) is 0 Å². The SMILES string of the molecule is CC(C)(CO)NCCC(=O)O. The van der Waals surface area contributed by atoms with E-state index in [1.807, 2.05) is 13.8 Å². The predicted molar refractivity (Wildman–Crippen MR) is 41.4 cm³/mol. The molecule has 66 valence electrons. The molecule has 0 atom stereocenters. The number of hydrogen-bond acceptors (Lipinski definition) is 3. The van der Waals surface area contributed by atoms with Crippen LogP contribution in [0.1, 0.15) is 20.3 Å². The number of aliphatic carboxylic acids is 1. The second kappa shape index (κ2) is 4.31. The third kappa shape index (κ3) is 5.82. The molecule has 0 saturated heterocycles. The molecule has 0 bridgehead atoms. The summed E-state index contributed by atoms with van der Waals surface area (Å²) in [5.41, 5.74) is -0.380. The molecule has 0 aliphatic carbocycles. The summed E-state index contributed by atoms with van der Waals surface area (Å²) < 4.78 is 0. The van der Waals surface area contributed by atoms with E-state index in [1.54, 1.807) is 0 Å². The van der Waals surface area contributed by atoms with Crippen LogP contribution in [0.4, 0.5) is 0 Å². The second-order valence-electron chi connectivity index (χ2n) is 3.11. The molecule has 0 spiro atoms. The molecule has 3 N–H and O–H groups in total. The minimum Gasteiger partial charge on any atom is -0.481 e. The average Bonchev–Trinajstić information content (AvgIpc) is 1.87. The van der Waals surface area contributed by atoms with Crippen molar-refractivity contribution in [1.82, 2.24) is 5.32 Å². The van der Waals surface area contributed by atoms with Crippen LogP contribution in [-0.4, -0.2) is 34.9 Å². The number of carbonyl (C=O) groups is 1. The molecular weight excluding hydrogens is 146 g/mol. The van der Waals surface area contributed by atoms with Gasteiger partial charge >= 0.3 is 5.97 Å². The van der Waals surface area contributed by atoms with Crippen molar-refractivity contribution < 1.29 is 15.0 Å². The lowest BCUT2D eigenvalue weighted by Crippen LogP contribution is -2.43. The van der Waals surface area contributed by atoms with Gasteiger partial charge in [0.2, 0.25) is 0 Å². The highest BCUT2D eigenvalue weighted by atomic mass is 16.4. The van der Waals surface area contributed by atoms with Gasteiger partial charge in [-0.2, -0.15) is 0 Å². The van der Waals surface area contributed by atoms with Gasteiger partial charge in [-0.05, 0) is 13.8 Å². The minimum absolute atomic E-state index is 0.00657. The lowest BCUT2D eigenvalue weighted by atomic mass is 10.1. The Balaban J connectivity index is 3.45. The first-order chi connectivity index (χ1) is 4.98. The summed E-state index contributed by atoms with van der Waals surface area (Å²) in [6.45, 7) is 4.03. The molecule has 0 aromatic heterocycles. The van der Waals surface area contributed by atoms with Gasteiger partial charge in [-0.15, -0.1) is 0 Å². The van der Waals surface area contributed by atoms with Crippen LogP contribution in [0.2, 0.25) is 0 Å². The first-order valence-electron chi connectivity index (χ1n) is 3.55. The van der Waals surface area contributed by atoms with Gasteiger partial charge in [-0.3, -0.25) is 4.79 Å². The van der Waals surface area contributed by atoms with E-state index in [4.69, 9.17) is 10.2 Å². The van der Waals surface area contributed by atoms with Crippen LogP contribution in [0.15, 0.2) is 0 Å². The fourth-order valence-corrected chi connectivity index (χ4v) is 0.564. The fraction of sp³-hybridized carbons (Fsp3) is 0.857. The van der Waals surface area contributed by atoms with Crippen LogP contribution in [0.25, 0.3) is 0 Å². The van der Waals surface area contributed by atoms with Crippen molar-refractivity contribution in [1.29, 1.82) is 0 Å². The maximum absolute atomic E-state index is 10.1. The van der Waals surface area contributed by atoms with Crippen molar-refractivity contribution in [3.05, 3.63) is 0 Å². The van der Waals surface area contributed by atoms with Crippen LogP contribution in [-0.2, 0) is 4.79 Å². The summed E-state index contributed by atoms with van der Waals surface area (Å²) in [4.78, 5) is 10.1. The molecule has 11 heavy (non-hydrogen) atoms. The van der Waals surface area contributed by atoms with Crippen molar-refractivity contribution in [2.45, 2.75) is 25.8 Å². The predicted octanol–water partition coefficient (Wildman–Crippen LogP) is -0.178. The van der Waals surface area contributed by atoms with Gasteiger partial charge in [0.15, 0.2) is 0 Å². The highest BCUT2D eigenvalue weighted by molar-refractivity contribution is 5.66.